The lowest BCUT2D eigenvalue weighted by Gasteiger charge is -2.16. The van der Waals surface area contributed by atoms with E-state index in [2.05, 4.69) is 10.6 Å². The van der Waals surface area contributed by atoms with Crippen molar-refractivity contribution in [1.82, 2.24) is 5.32 Å². The van der Waals surface area contributed by atoms with Crippen LogP contribution in [-0.4, -0.2) is 44.5 Å². The third kappa shape index (κ3) is 3.55. The van der Waals surface area contributed by atoms with Gasteiger partial charge in [0, 0.05) is 0 Å². The van der Waals surface area contributed by atoms with E-state index in [1.54, 1.807) is 24.3 Å². The van der Waals surface area contributed by atoms with Crippen LogP contribution in [-0.2, 0) is 9.84 Å². The van der Waals surface area contributed by atoms with E-state index in [0.29, 0.717) is 11.4 Å². The Morgan fingerprint density at radius 2 is 2.05 bits per heavy atom. The first-order valence-electron chi connectivity index (χ1n) is 5.96. The summed E-state index contributed by atoms with van der Waals surface area (Å²) >= 11 is 5.92. The molecule has 1 aromatic carbocycles. The van der Waals surface area contributed by atoms with Crippen LogP contribution in [0.5, 0.6) is 5.75 Å². The average Bonchev–Trinajstić information content (AvgIpc) is 2.62. The van der Waals surface area contributed by atoms with Crippen LogP contribution in [0.4, 0.5) is 10.5 Å². The molecular weight excluding hydrogens is 304 g/mol. The van der Waals surface area contributed by atoms with E-state index in [9.17, 15) is 13.2 Å². The van der Waals surface area contributed by atoms with E-state index in [1.165, 1.54) is 7.11 Å². The van der Waals surface area contributed by atoms with E-state index in [0.717, 1.165) is 0 Å². The number of alkyl halides is 1. The summed E-state index contributed by atoms with van der Waals surface area (Å²) < 4.78 is 27.9. The molecule has 2 rings (SSSR count). The Bertz CT molecular complexity index is 605. The quantitative estimate of drug-likeness (QED) is 0.821. The summed E-state index contributed by atoms with van der Waals surface area (Å²) in [6, 6.07) is 5.82. The number of benzene rings is 1. The lowest BCUT2D eigenvalue weighted by Crippen LogP contribution is -2.42. The first-order chi connectivity index (χ1) is 9.41. The first kappa shape index (κ1) is 14.9. The first-order valence-corrected chi connectivity index (χ1v) is 8.22. The number of rotatable bonds is 3. The number of nitrogens with one attached hydrogen (secondary N) is 2. The summed E-state index contributed by atoms with van der Waals surface area (Å²) in [5, 5.41) is 4.57. The number of para-hydroxylation sites is 2. The molecule has 2 N–H and O–H groups in total. The van der Waals surface area contributed by atoms with Crippen LogP contribution in [0.2, 0.25) is 0 Å². The van der Waals surface area contributed by atoms with Gasteiger partial charge in [-0.1, -0.05) is 12.1 Å². The number of methoxy groups -OCH3 is 1. The van der Waals surface area contributed by atoms with Crippen molar-refractivity contribution < 1.29 is 17.9 Å². The molecule has 2 amide bonds. The third-order valence-electron chi connectivity index (χ3n) is 2.95. The lowest BCUT2D eigenvalue weighted by atomic mass is 10.2. The smallest absolute Gasteiger partial charge is 0.319 e. The van der Waals surface area contributed by atoms with Crippen LogP contribution in [0.25, 0.3) is 0 Å². The van der Waals surface area contributed by atoms with Crippen molar-refractivity contribution in [1.29, 1.82) is 0 Å². The zero-order chi connectivity index (χ0) is 14.8. The molecule has 0 saturated carbocycles. The third-order valence-corrected chi connectivity index (χ3v) is 5.33. The van der Waals surface area contributed by atoms with Crippen molar-refractivity contribution in [2.24, 2.45) is 0 Å². The fourth-order valence-corrected chi connectivity index (χ4v) is 4.56. The summed E-state index contributed by atoms with van der Waals surface area (Å²) in [6.45, 7) is 0. The number of anilines is 1. The molecule has 0 aliphatic carbocycles. The van der Waals surface area contributed by atoms with Gasteiger partial charge < -0.3 is 15.4 Å². The zero-order valence-corrected chi connectivity index (χ0v) is 12.4. The van der Waals surface area contributed by atoms with Crippen LogP contribution in [0.15, 0.2) is 24.3 Å². The van der Waals surface area contributed by atoms with Gasteiger partial charge in [0.25, 0.3) is 0 Å². The Labute approximate surface area is 122 Å². The van der Waals surface area contributed by atoms with Crippen molar-refractivity contribution >= 4 is 33.2 Å². The van der Waals surface area contributed by atoms with E-state index < -0.39 is 27.3 Å². The minimum atomic E-state index is -3.18. The predicted molar refractivity (Wildman–Crippen MR) is 77.2 cm³/mol. The van der Waals surface area contributed by atoms with E-state index >= 15 is 0 Å². The molecule has 2 unspecified atom stereocenters. The highest BCUT2D eigenvalue weighted by Crippen LogP contribution is 2.23. The molecular formula is C12H15ClN2O4S. The average molecular weight is 319 g/mol. The zero-order valence-electron chi connectivity index (χ0n) is 10.8. The Morgan fingerprint density at radius 3 is 2.65 bits per heavy atom. The molecule has 20 heavy (non-hydrogen) atoms. The second kappa shape index (κ2) is 5.88. The highest BCUT2D eigenvalue weighted by atomic mass is 35.5. The Kier molecular flexibility index (Phi) is 4.39. The molecule has 0 bridgehead atoms. The van der Waals surface area contributed by atoms with Crippen molar-refractivity contribution in [3.63, 3.8) is 0 Å². The number of carbonyl (C=O) groups is 1. The van der Waals surface area contributed by atoms with Crippen LogP contribution in [0, 0.1) is 0 Å². The molecule has 0 radical (unpaired) electrons. The number of halogens is 1. The molecule has 1 fully saturated rings. The van der Waals surface area contributed by atoms with Gasteiger partial charge in [0.05, 0.1) is 35.7 Å². The van der Waals surface area contributed by atoms with E-state index in [4.69, 9.17) is 16.3 Å². The number of carbonyl (C=O) groups excluding carboxylic acids is 1. The maximum atomic E-state index is 11.9. The molecule has 0 aromatic heterocycles. The highest BCUT2D eigenvalue weighted by Gasteiger charge is 2.37. The molecule has 2 atom stereocenters. The van der Waals surface area contributed by atoms with Gasteiger partial charge in [-0.15, -0.1) is 11.6 Å². The Balaban J connectivity index is 2.00. The minimum Gasteiger partial charge on any atom is -0.495 e. The SMILES string of the molecule is COc1ccccc1NC(=O)NC1CS(=O)(=O)CC1Cl. The van der Waals surface area contributed by atoms with Gasteiger partial charge in [-0.2, -0.15) is 0 Å². The number of hydrogen-bond acceptors (Lipinski definition) is 4. The van der Waals surface area contributed by atoms with Crippen LogP contribution >= 0.6 is 11.6 Å². The molecule has 0 spiro atoms. The lowest BCUT2D eigenvalue weighted by molar-refractivity contribution is 0.249. The molecule has 1 saturated heterocycles. The van der Waals surface area contributed by atoms with Crippen LogP contribution < -0.4 is 15.4 Å². The van der Waals surface area contributed by atoms with Crippen molar-refractivity contribution in [2.75, 3.05) is 23.9 Å². The van der Waals surface area contributed by atoms with Gasteiger partial charge in [-0.05, 0) is 12.1 Å². The van der Waals surface area contributed by atoms with Gasteiger partial charge >= 0.3 is 6.03 Å². The standard InChI is InChI=1S/C12H15ClN2O4S/c1-19-11-5-3-2-4-9(11)14-12(16)15-10-7-20(17,18)6-8(10)13/h2-5,8,10H,6-7H2,1H3,(H2,14,15,16). The van der Waals surface area contributed by atoms with Gasteiger partial charge in [0.1, 0.15) is 5.75 Å². The minimum absolute atomic E-state index is 0.117. The predicted octanol–water partition coefficient (Wildman–Crippen LogP) is 1.22. The van der Waals surface area contributed by atoms with E-state index in [1.807, 2.05) is 0 Å². The normalized spacial score (nSPS) is 24.1. The highest BCUT2D eigenvalue weighted by molar-refractivity contribution is 7.91. The number of urea groups is 1. The Morgan fingerprint density at radius 1 is 1.35 bits per heavy atom. The second-order valence-electron chi connectivity index (χ2n) is 4.50. The van der Waals surface area contributed by atoms with Crippen molar-refractivity contribution in [3.05, 3.63) is 24.3 Å². The number of amides is 2. The fraction of sp³-hybridized carbons (Fsp3) is 0.417. The van der Waals surface area contributed by atoms with Crippen molar-refractivity contribution in [2.45, 2.75) is 11.4 Å². The molecule has 1 aliphatic heterocycles. The maximum absolute atomic E-state index is 11.9. The summed E-state index contributed by atoms with van der Waals surface area (Å²) in [6.07, 6.45) is 0. The monoisotopic (exact) mass is 318 g/mol. The fourth-order valence-electron chi connectivity index (χ4n) is 2.01. The Hall–Kier alpha value is -1.47. The molecule has 1 heterocycles. The molecule has 6 nitrogen and oxygen atoms in total. The van der Waals surface area contributed by atoms with Crippen molar-refractivity contribution in [3.8, 4) is 5.75 Å². The topological polar surface area (TPSA) is 84.5 Å². The van der Waals surface area contributed by atoms with Gasteiger partial charge in [-0.3, -0.25) is 0 Å². The summed E-state index contributed by atoms with van der Waals surface area (Å²) in [4.78, 5) is 11.9. The van der Waals surface area contributed by atoms with Crippen LogP contribution in [0.1, 0.15) is 0 Å². The van der Waals surface area contributed by atoms with Gasteiger partial charge in [-0.25, -0.2) is 13.2 Å². The molecule has 1 aliphatic rings. The summed E-state index contributed by atoms with van der Waals surface area (Å²) in [5.74, 6) is 0.262. The molecule has 110 valence electrons. The molecule has 1 aromatic rings. The van der Waals surface area contributed by atoms with Crippen LogP contribution in [0.3, 0.4) is 0 Å². The van der Waals surface area contributed by atoms with E-state index in [-0.39, 0.29) is 11.5 Å². The number of sulfone groups is 1. The summed E-state index contributed by atoms with van der Waals surface area (Å²) in [5.41, 5.74) is 0.500. The van der Waals surface area contributed by atoms with Gasteiger partial charge in [0.2, 0.25) is 0 Å². The second-order valence-corrected chi connectivity index (χ2v) is 7.21. The molecule has 8 heteroatoms. The maximum Gasteiger partial charge on any atom is 0.319 e. The largest absolute Gasteiger partial charge is 0.495 e. The summed E-state index contributed by atoms with van der Waals surface area (Å²) in [7, 11) is -1.68. The number of hydrogen-bond donors (Lipinski definition) is 2. The number of ether oxygens (including phenoxy) is 1. The van der Waals surface area contributed by atoms with Gasteiger partial charge in [0.15, 0.2) is 9.84 Å².